The molecule has 2 aromatic rings. The number of hydrogen-bond donors (Lipinski definition) is 1. The van der Waals surface area contributed by atoms with Crippen LogP contribution in [0.4, 0.5) is 0 Å². The molecule has 0 saturated heterocycles. The molecular weight excluding hydrogens is 216 g/mol. The van der Waals surface area contributed by atoms with E-state index in [1.807, 2.05) is 6.20 Å². The van der Waals surface area contributed by atoms with Crippen molar-refractivity contribution in [1.82, 2.24) is 30.3 Å². The van der Waals surface area contributed by atoms with Crippen molar-refractivity contribution in [2.45, 2.75) is 33.2 Å². The number of fused-ring (bicyclic) bond motifs is 1. The highest BCUT2D eigenvalue weighted by molar-refractivity contribution is 5.32. The highest BCUT2D eigenvalue weighted by atomic mass is 15.5. The van der Waals surface area contributed by atoms with Gasteiger partial charge in [-0.1, -0.05) is 20.8 Å². The van der Waals surface area contributed by atoms with Crippen molar-refractivity contribution in [1.29, 1.82) is 0 Å². The number of aromatic nitrogens is 5. The van der Waals surface area contributed by atoms with E-state index in [2.05, 4.69) is 46.6 Å². The lowest BCUT2D eigenvalue weighted by atomic mass is 9.99. The molecule has 92 valence electrons. The van der Waals surface area contributed by atoms with Gasteiger partial charge >= 0.3 is 0 Å². The number of nitrogens with zero attached hydrogens (tertiary/aromatic N) is 5. The molecule has 2 aromatic heterocycles. The summed E-state index contributed by atoms with van der Waals surface area (Å²) >= 11 is 0. The van der Waals surface area contributed by atoms with Crippen LogP contribution in [0.1, 0.15) is 26.5 Å². The topological polar surface area (TPSA) is 68.0 Å². The SMILES string of the molecule is CCNC(Cc1cncc2nnnn12)C(C)C. The Kier molecular flexibility index (Phi) is 3.63. The average molecular weight is 234 g/mol. The van der Waals surface area contributed by atoms with Crippen LogP contribution in [0.5, 0.6) is 0 Å². The third-order valence-electron chi connectivity index (χ3n) is 2.88. The fourth-order valence-corrected chi connectivity index (χ4v) is 1.89. The summed E-state index contributed by atoms with van der Waals surface area (Å²) in [6.07, 6.45) is 4.37. The van der Waals surface area contributed by atoms with Crippen LogP contribution in [-0.2, 0) is 6.42 Å². The van der Waals surface area contributed by atoms with Gasteiger partial charge in [-0.2, -0.15) is 4.52 Å². The molecular formula is C11H18N6. The number of nitrogens with one attached hydrogen (secondary N) is 1. The fraction of sp³-hybridized carbons (Fsp3) is 0.636. The van der Waals surface area contributed by atoms with Crippen LogP contribution in [0.25, 0.3) is 5.65 Å². The molecule has 1 N–H and O–H groups in total. The number of tetrazole rings is 1. The highest BCUT2D eigenvalue weighted by Crippen LogP contribution is 2.09. The van der Waals surface area contributed by atoms with Gasteiger partial charge in [0.25, 0.3) is 0 Å². The smallest absolute Gasteiger partial charge is 0.197 e. The molecule has 0 spiro atoms. The third kappa shape index (κ3) is 2.58. The van der Waals surface area contributed by atoms with Crippen molar-refractivity contribution in [2.75, 3.05) is 6.54 Å². The van der Waals surface area contributed by atoms with Crippen molar-refractivity contribution in [3.8, 4) is 0 Å². The molecule has 0 amide bonds. The lowest BCUT2D eigenvalue weighted by molar-refractivity contribution is 0.399. The van der Waals surface area contributed by atoms with Crippen LogP contribution in [0.3, 0.4) is 0 Å². The molecule has 0 aliphatic rings. The largest absolute Gasteiger partial charge is 0.314 e. The Hall–Kier alpha value is -1.56. The monoisotopic (exact) mass is 234 g/mol. The summed E-state index contributed by atoms with van der Waals surface area (Å²) in [7, 11) is 0. The summed E-state index contributed by atoms with van der Waals surface area (Å²) in [6, 6.07) is 0.414. The first-order chi connectivity index (χ1) is 8.22. The lowest BCUT2D eigenvalue weighted by Crippen LogP contribution is -2.36. The van der Waals surface area contributed by atoms with E-state index in [0.717, 1.165) is 18.7 Å². The Morgan fingerprint density at radius 1 is 1.35 bits per heavy atom. The van der Waals surface area contributed by atoms with Gasteiger partial charge in [-0.3, -0.25) is 4.98 Å². The zero-order chi connectivity index (χ0) is 12.3. The maximum absolute atomic E-state index is 4.17. The van der Waals surface area contributed by atoms with Crippen LogP contribution >= 0.6 is 0 Å². The summed E-state index contributed by atoms with van der Waals surface area (Å²) in [5.74, 6) is 0.557. The molecule has 6 nitrogen and oxygen atoms in total. The Balaban J connectivity index is 2.24. The van der Waals surface area contributed by atoms with Gasteiger partial charge in [-0.25, -0.2) is 0 Å². The van der Waals surface area contributed by atoms with Crippen molar-refractivity contribution >= 4 is 5.65 Å². The average Bonchev–Trinajstić information content (AvgIpc) is 2.77. The molecule has 0 fully saturated rings. The molecule has 0 radical (unpaired) electrons. The van der Waals surface area contributed by atoms with Gasteiger partial charge in [0.2, 0.25) is 0 Å². The lowest BCUT2D eigenvalue weighted by Gasteiger charge is -2.21. The summed E-state index contributed by atoms with van der Waals surface area (Å²) in [4.78, 5) is 4.17. The van der Waals surface area contributed by atoms with Gasteiger partial charge in [-0.05, 0) is 22.9 Å². The molecule has 0 saturated carbocycles. The molecule has 0 aliphatic carbocycles. The normalized spacial score (nSPS) is 13.4. The summed E-state index contributed by atoms with van der Waals surface area (Å²) in [5.41, 5.74) is 1.73. The molecule has 6 heteroatoms. The highest BCUT2D eigenvalue weighted by Gasteiger charge is 2.15. The minimum atomic E-state index is 0.414. The second kappa shape index (κ2) is 5.18. The van der Waals surface area contributed by atoms with E-state index in [1.54, 1.807) is 10.7 Å². The van der Waals surface area contributed by atoms with Crippen molar-refractivity contribution in [2.24, 2.45) is 5.92 Å². The maximum atomic E-state index is 4.17. The molecule has 0 bridgehead atoms. The third-order valence-corrected chi connectivity index (χ3v) is 2.88. The van der Waals surface area contributed by atoms with Crippen molar-refractivity contribution in [3.05, 3.63) is 18.1 Å². The Morgan fingerprint density at radius 3 is 2.88 bits per heavy atom. The Morgan fingerprint density at radius 2 is 2.18 bits per heavy atom. The predicted octanol–water partition coefficient (Wildman–Crippen LogP) is 0.696. The predicted molar refractivity (Wildman–Crippen MR) is 64.6 cm³/mol. The summed E-state index contributed by atoms with van der Waals surface area (Å²) in [5, 5.41) is 15.0. The second-order valence-corrected chi connectivity index (χ2v) is 4.46. The van der Waals surface area contributed by atoms with Crippen LogP contribution in [0.15, 0.2) is 12.4 Å². The first kappa shape index (κ1) is 11.9. The number of hydrogen-bond acceptors (Lipinski definition) is 5. The maximum Gasteiger partial charge on any atom is 0.197 e. The van der Waals surface area contributed by atoms with E-state index in [9.17, 15) is 0 Å². The van der Waals surface area contributed by atoms with Crippen LogP contribution in [-0.4, -0.2) is 37.6 Å². The van der Waals surface area contributed by atoms with E-state index in [-0.39, 0.29) is 0 Å². The summed E-state index contributed by atoms with van der Waals surface area (Å²) in [6.45, 7) is 7.49. The molecule has 17 heavy (non-hydrogen) atoms. The zero-order valence-electron chi connectivity index (χ0n) is 10.5. The van der Waals surface area contributed by atoms with Gasteiger partial charge in [-0.15, -0.1) is 5.10 Å². The number of rotatable bonds is 5. The van der Waals surface area contributed by atoms with Gasteiger partial charge in [0, 0.05) is 18.7 Å². The van der Waals surface area contributed by atoms with E-state index in [0.29, 0.717) is 17.6 Å². The Bertz CT molecular complexity index is 478. The zero-order valence-corrected chi connectivity index (χ0v) is 10.5. The van der Waals surface area contributed by atoms with Crippen molar-refractivity contribution < 1.29 is 0 Å². The van der Waals surface area contributed by atoms with E-state index < -0.39 is 0 Å². The minimum absolute atomic E-state index is 0.414. The second-order valence-electron chi connectivity index (χ2n) is 4.46. The molecule has 2 rings (SSSR count). The molecule has 0 aromatic carbocycles. The Labute approximate surface area is 100 Å². The van der Waals surface area contributed by atoms with Gasteiger partial charge in [0.05, 0.1) is 11.9 Å². The van der Waals surface area contributed by atoms with E-state index >= 15 is 0 Å². The molecule has 1 unspecified atom stereocenters. The summed E-state index contributed by atoms with van der Waals surface area (Å²) < 4.78 is 1.75. The van der Waals surface area contributed by atoms with Gasteiger partial charge in [0.15, 0.2) is 5.65 Å². The van der Waals surface area contributed by atoms with E-state index in [1.165, 1.54) is 0 Å². The quantitative estimate of drug-likeness (QED) is 0.824. The van der Waals surface area contributed by atoms with Crippen LogP contribution in [0, 0.1) is 5.92 Å². The molecule has 0 aliphatic heterocycles. The molecule has 1 atom stereocenters. The first-order valence-electron chi connectivity index (χ1n) is 5.96. The standard InChI is InChI=1S/C11H18N6/c1-4-13-10(8(2)3)5-9-6-12-7-11-14-15-16-17(9)11/h6-8,10,13H,4-5H2,1-3H3. The molecule has 2 heterocycles. The van der Waals surface area contributed by atoms with E-state index in [4.69, 9.17) is 0 Å². The van der Waals surface area contributed by atoms with Crippen LogP contribution in [0.2, 0.25) is 0 Å². The van der Waals surface area contributed by atoms with Crippen LogP contribution < -0.4 is 5.32 Å². The first-order valence-corrected chi connectivity index (χ1v) is 5.96. The fourth-order valence-electron chi connectivity index (χ4n) is 1.89. The van der Waals surface area contributed by atoms with Gasteiger partial charge < -0.3 is 5.32 Å². The van der Waals surface area contributed by atoms with Crippen molar-refractivity contribution in [3.63, 3.8) is 0 Å². The van der Waals surface area contributed by atoms with Gasteiger partial charge in [0.1, 0.15) is 0 Å². The minimum Gasteiger partial charge on any atom is -0.314 e. The number of likely N-dealkylation sites (N-methyl/N-ethyl adjacent to an activating group) is 1.